The van der Waals surface area contributed by atoms with Crippen LogP contribution in [0.15, 0.2) is 0 Å². The van der Waals surface area contributed by atoms with E-state index in [0.29, 0.717) is 12.1 Å². The first-order valence-corrected chi connectivity index (χ1v) is 7.42. The number of hydrogen-bond acceptors (Lipinski definition) is 3. The Labute approximate surface area is 112 Å². The topological polar surface area (TPSA) is 18.5 Å². The number of terminal acetylenes is 1. The second-order valence-electron chi connectivity index (χ2n) is 5.83. The van der Waals surface area contributed by atoms with Crippen LogP contribution in [0.5, 0.6) is 0 Å². The first-order valence-electron chi connectivity index (χ1n) is 7.42. The van der Waals surface area contributed by atoms with Crippen molar-refractivity contribution < 1.29 is 0 Å². The molecule has 102 valence electrons. The summed E-state index contributed by atoms with van der Waals surface area (Å²) < 4.78 is 0. The van der Waals surface area contributed by atoms with Crippen LogP contribution in [-0.2, 0) is 0 Å². The van der Waals surface area contributed by atoms with Crippen molar-refractivity contribution >= 4 is 0 Å². The molecule has 18 heavy (non-hydrogen) atoms. The summed E-state index contributed by atoms with van der Waals surface area (Å²) >= 11 is 0. The van der Waals surface area contributed by atoms with Crippen molar-refractivity contribution in [3.63, 3.8) is 0 Å². The Balaban J connectivity index is 1.63. The summed E-state index contributed by atoms with van der Waals surface area (Å²) in [6.07, 6.45) is 10.6. The molecule has 0 aromatic heterocycles. The van der Waals surface area contributed by atoms with Crippen LogP contribution in [0.25, 0.3) is 0 Å². The smallest absolute Gasteiger partial charge is 0.0598 e. The minimum absolute atomic E-state index is 0.618. The maximum Gasteiger partial charge on any atom is 0.0598 e. The summed E-state index contributed by atoms with van der Waals surface area (Å²) in [4.78, 5) is 4.97. The molecule has 2 saturated heterocycles. The highest BCUT2D eigenvalue weighted by Crippen LogP contribution is 2.12. The van der Waals surface area contributed by atoms with Gasteiger partial charge in [0.1, 0.15) is 0 Å². The highest BCUT2D eigenvalue weighted by atomic mass is 15.2. The molecule has 2 fully saturated rings. The van der Waals surface area contributed by atoms with Gasteiger partial charge in [0.25, 0.3) is 0 Å². The van der Waals surface area contributed by atoms with Gasteiger partial charge in [0.2, 0.25) is 0 Å². The SMILES string of the molecule is C#CCN1CCC(NC(C)CN2CCCC2)CC1. The molecular formula is C15H27N3. The molecular weight excluding hydrogens is 222 g/mol. The molecule has 3 heteroatoms. The molecule has 0 radical (unpaired) electrons. The highest BCUT2D eigenvalue weighted by molar-refractivity contribution is 4.90. The van der Waals surface area contributed by atoms with Crippen molar-refractivity contribution in [3.8, 4) is 12.3 Å². The predicted octanol–water partition coefficient (Wildman–Crippen LogP) is 1.16. The van der Waals surface area contributed by atoms with E-state index in [9.17, 15) is 0 Å². The zero-order valence-electron chi connectivity index (χ0n) is 11.7. The van der Waals surface area contributed by atoms with Gasteiger partial charge in [-0.2, -0.15) is 0 Å². The average Bonchev–Trinajstić information content (AvgIpc) is 2.84. The molecule has 1 unspecified atom stereocenters. The fraction of sp³-hybridized carbons (Fsp3) is 0.867. The lowest BCUT2D eigenvalue weighted by Gasteiger charge is -2.33. The van der Waals surface area contributed by atoms with E-state index in [1.54, 1.807) is 0 Å². The van der Waals surface area contributed by atoms with Crippen LogP contribution in [0.4, 0.5) is 0 Å². The van der Waals surface area contributed by atoms with Gasteiger partial charge in [-0.3, -0.25) is 4.90 Å². The molecule has 0 aromatic carbocycles. The maximum absolute atomic E-state index is 5.35. The van der Waals surface area contributed by atoms with Crippen LogP contribution < -0.4 is 5.32 Å². The van der Waals surface area contributed by atoms with Crippen molar-refractivity contribution in [2.75, 3.05) is 39.3 Å². The Morgan fingerprint density at radius 2 is 1.83 bits per heavy atom. The molecule has 0 saturated carbocycles. The van der Waals surface area contributed by atoms with E-state index in [-0.39, 0.29) is 0 Å². The van der Waals surface area contributed by atoms with Crippen LogP contribution in [0.2, 0.25) is 0 Å². The largest absolute Gasteiger partial charge is 0.310 e. The fourth-order valence-corrected chi connectivity index (χ4v) is 3.19. The quantitative estimate of drug-likeness (QED) is 0.738. The van der Waals surface area contributed by atoms with Crippen molar-refractivity contribution in [2.45, 2.75) is 44.7 Å². The molecule has 2 heterocycles. The van der Waals surface area contributed by atoms with Crippen molar-refractivity contribution in [1.29, 1.82) is 0 Å². The zero-order valence-corrected chi connectivity index (χ0v) is 11.7. The number of rotatable bonds is 5. The molecule has 3 nitrogen and oxygen atoms in total. The van der Waals surface area contributed by atoms with Gasteiger partial charge >= 0.3 is 0 Å². The first-order chi connectivity index (χ1) is 8.78. The van der Waals surface area contributed by atoms with Gasteiger partial charge in [0.05, 0.1) is 6.54 Å². The third-order valence-corrected chi connectivity index (χ3v) is 4.15. The lowest BCUT2D eigenvalue weighted by molar-refractivity contribution is 0.200. The number of hydrogen-bond donors (Lipinski definition) is 1. The Kier molecular flexibility index (Phi) is 5.49. The number of piperidine rings is 1. The van der Waals surface area contributed by atoms with E-state index in [0.717, 1.165) is 19.6 Å². The van der Waals surface area contributed by atoms with Crippen molar-refractivity contribution in [1.82, 2.24) is 15.1 Å². The third kappa shape index (κ3) is 4.28. The Bertz CT molecular complexity index is 270. The summed E-state index contributed by atoms with van der Waals surface area (Å²) in [5.41, 5.74) is 0. The van der Waals surface area contributed by atoms with E-state index < -0.39 is 0 Å². The maximum atomic E-state index is 5.35. The molecule has 0 spiro atoms. The van der Waals surface area contributed by atoms with E-state index in [1.165, 1.54) is 45.3 Å². The van der Waals surface area contributed by atoms with Gasteiger partial charge in [0, 0.05) is 31.7 Å². The highest BCUT2D eigenvalue weighted by Gasteiger charge is 2.21. The predicted molar refractivity (Wildman–Crippen MR) is 76.6 cm³/mol. The number of nitrogens with one attached hydrogen (secondary N) is 1. The monoisotopic (exact) mass is 249 g/mol. The molecule has 2 rings (SSSR count). The summed E-state index contributed by atoms with van der Waals surface area (Å²) in [5, 5.41) is 3.79. The molecule has 0 amide bonds. The van der Waals surface area contributed by atoms with E-state index >= 15 is 0 Å². The molecule has 1 N–H and O–H groups in total. The van der Waals surface area contributed by atoms with Gasteiger partial charge in [-0.1, -0.05) is 5.92 Å². The third-order valence-electron chi connectivity index (χ3n) is 4.15. The van der Waals surface area contributed by atoms with Crippen molar-refractivity contribution in [3.05, 3.63) is 0 Å². The lowest BCUT2D eigenvalue weighted by Crippen LogP contribution is -2.48. The van der Waals surface area contributed by atoms with Gasteiger partial charge in [0.15, 0.2) is 0 Å². The average molecular weight is 249 g/mol. The molecule has 0 aliphatic carbocycles. The summed E-state index contributed by atoms with van der Waals surface area (Å²) in [6.45, 7) is 9.25. The fourth-order valence-electron chi connectivity index (χ4n) is 3.19. The van der Waals surface area contributed by atoms with Crippen molar-refractivity contribution in [2.24, 2.45) is 0 Å². The molecule has 0 bridgehead atoms. The van der Waals surface area contributed by atoms with E-state index in [1.807, 2.05) is 0 Å². The van der Waals surface area contributed by atoms with Crippen LogP contribution in [-0.4, -0.2) is 61.2 Å². The van der Waals surface area contributed by atoms with E-state index in [4.69, 9.17) is 6.42 Å². The summed E-state index contributed by atoms with van der Waals surface area (Å²) in [7, 11) is 0. The molecule has 1 atom stereocenters. The Morgan fingerprint density at radius 3 is 2.44 bits per heavy atom. The van der Waals surface area contributed by atoms with Gasteiger partial charge in [-0.05, 0) is 45.7 Å². The second kappa shape index (κ2) is 7.13. The second-order valence-corrected chi connectivity index (χ2v) is 5.83. The summed E-state index contributed by atoms with van der Waals surface area (Å²) in [5.74, 6) is 2.74. The zero-order chi connectivity index (χ0) is 12.8. The lowest BCUT2D eigenvalue weighted by atomic mass is 10.0. The Morgan fingerprint density at radius 1 is 1.17 bits per heavy atom. The molecule has 0 aromatic rings. The normalized spacial score (nSPS) is 25.1. The molecule has 2 aliphatic rings. The minimum atomic E-state index is 0.618. The van der Waals surface area contributed by atoms with Crippen LogP contribution in [0.1, 0.15) is 32.6 Å². The standard InChI is InChI=1S/C15H27N3/c1-3-8-17-11-6-15(7-12-17)16-14(2)13-18-9-4-5-10-18/h1,14-16H,4-13H2,2H3. The van der Waals surface area contributed by atoms with Crippen LogP contribution >= 0.6 is 0 Å². The van der Waals surface area contributed by atoms with Crippen LogP contribution in [0.3, 0.4) is 0 Å². The van der Waals surface area contributed by atoms with E-state index in [2.05, 4.69) is 28.0 Å². The Hall–Kier alpha value is -0.560. The summed E-state index contributed by atoms with van der Waals surface area (Å²) in [6, 6.07) is 1.31. The van der Waals surface area contributed by atoms with Crippen LogP contribution in [0, 0.1) is 12.3 Å². The van der Waals surface area contributed by atoms with Gasteiger partial charge < -0.3 is 10.2 Å². The van der Waals surface area contributed by atoms with Gasteiger partial charge in [-0.15, -0.1) is 6.42 Å². The minimum Gasteiger partial charge on any atom is -0.310 e. The molecule has 2 aliphatic heterocycles. The van der Waals surface area contributed by atoms with Gasteiger partial charge in [-0.25, -0.2) is 0 Å². The number of nitrogens with zero attached hydrogens (tertiary/aromatic N) is 2. The first kappa shape index (κ1) is 13.9. The number of likely N-dealkylation sites (tertiary alicyclic amines) is 2.